The predicted molar refractivity (Wildman–Crippen MR) is 83.8 cm³/mol. The quantitative estimate of drug-likeness (QED) is 0.771. The van der Waals surface area contributed by atoms with Crippen molar-refractivity contribution >= 4 is 11.6 Å². The minimum absolute atomic E-state index is 0.378. The summed E-state index contributed by atoms with van der Waals surface area (Å²) >= 11 is 6.01. The number of pyridine rings is 1. The van der Waals surface area contributed by atoms with Crippen LogP contribution in [0.2, 0.25) is 0 Å². The zero-order chi connectivity index (χ0) is 14.7. The molecule has 4 heteroatoms. The second-order valence-electron chi connectivity index (χ2n) is 5.29. The molecule has 0 fully saturated rings. The molecule has 2 heterocycles. The number of hydrogen-bond donors (Lipinski definition) is 0. The SMILES string of the molecule is CCc1cc(CC)n(-c2cc(CCl)cc(C(C)C)n2)n1. The molecule has 0 N–H and O–H groups in total. The summed E-state index contributed by atoms with van der Waals surface area (Å²) in [4.78, 5) is 4.75. The number of alkyl halides is 1. The van der Waals surface area contributed by atoms with Crippen molar-refractivity contribution in [1.82, 2.24) is 14.8 Å². The molecule has 0 radical (unpaired) electrons. The van der Waals surface area contributed by atoms with Crippen molar-refractivity contribution in [2.45, 2.75) is 52.3 Å². The van der Waals surface area contributed by atoms with Crippen LogP contribution in [0.25, 0.3) is 5.82 Å². The standard InChI is InChI=1S/C16H22ClN3/c1-5-13-9-14(6-2)20(19-13)16-8-12(10-17)7-15(18-16)11(3)4/h7-9,11H,5-6,10H2,1-4H3. The molecule has 20 heavy (non-hydrogen) atoms. The fraction of sp³-hybridized carbons (Fsp3) is 0.500. The van der Waals surface area contributed by atoms with Crippen molar-refractivity contribution in [2.24, 2.45) is 0 Å². The van der Waals surface area contributed by atoms with Gasteiger partial charge in [0.05, 0.1) is 5.69 Å². The number of aryl methyl sites for hydroxylation is 2. The van der Waals surface area contributed by atoms with Gasteiger partial charge in [-0.3, -0.25) is 0 Å². The van der Waals surface area contributed by atoms with Crippen molar-refractivity contribution in [2.75, 3.05) is 0 Å². The topological polar surface area (TPSA) is 30.7 Å². The second-order valence-corrected chi connectivity index (χ2v) is 5.56. The number of hydrogen-bond acceptors (Lipinski definition) is 2. The summed E-state index contributed by atoms with van der Waals surface area (Å²) in [7, 11) is 0. The van der Waals surface area contributed by atoms with E-state index in [1.54, 1.807) is 0 Å². The van der Waals surface area contributed by atoms with Crippen molar-refractivity contribution in [3.05, 3.63) is 40.8 Å². The van der Waals surface area contributed by atoms with Gasteiger partial charge in [0.1, 0.15) is 0 Å². The average molecular weight is 292 g/mol. The van der Waals surface area contributed by atoms with Crippen LogP contribution in [0.5, 0.6) is 0 Å². The molecule has 2 aromatic heterocycles. The van der Waals surface area contributed by atoms with Crippen molar-refractivity contribution < 1.29 is 0 Å². The van der Waals surface area contributed by atoms with E-state index in [1.165, 1.54) is 5.69 Å². The second kappa shape index (κ2) is 6.40. The van der Waals surface area contributed by atoms with E-state index in [9.17, 15) is 0 Å². The Kier molecular flexibility index (Phi) is 4.81. The van der Waals surface area contributed by atoms with E-state index in [2.05, 4.69) is 44.9 Å². The van der Waals surface area contributed by atoms with Crippen LogP contribution in [0.1, 0.15) is 56.3 Å². The molecule has 0 saturated heterocycles. The van der Waals surface area contributed by atoms with Gasteiger partial charge < -0.3 is 0 Å². The maximum Gasteiger partial charge on any atom is 0.154 e. The summed E-state index contributed by atoms with van der Waals surface area (Å²) in [5, 5.41) is 4.66. The molecule has 0 amide bonds. The van der Waals surface area contributed by atoms with E-state index < -0.39 is 0 Å². The van der Waals surface area contributed by atoms with Gasteiger partial charge in [-0.1, -0.05) is 27.7 Å². The first-order valence-corrected chi connectivity index (χ1v) is 7.77. The van der Waals surface area contributed by atoms with Gasteiger partial charge in [0.2, 0.25) is 0 Å². The first-order chi connectivity index (χ1) is 9.58. The fourth-order valence-electron chi connectivity index (χ4n) is 2.17. The number of rotatable bonds is 5. The Hall–Kier alpha value is -1.35. The molecule has 2 aromatic rings. The van der Waals surface area contributed by atoms with Gasteiger partial charge in [-0.15, -0.1) is 11.6 Å². The van der Waals surface area contributed by atoms with Crippen LogP contribution < -0.4 is 0 Å². The Morgan fingerprint density at radius 1 is 1.15 bits per heavy atom. The molecule has 0 saturated carbocycles. The lowest BCUT2D eigenvalue weighted by molar-refractivity contribution is 0.745. The van der Waals surface area contributed by atoms with Crippen LogP contribution in [0, 0.1) is 0 Å². The van der Waals surface area contributed by atoms with Gasteiger partial charge in [-0.2, -0.15) is 5.10 Å². The monoisotopic (exact) mass is 291 g/mol. The highest BCUT2D eigenvalue weighted by Gasteiger charge is 2.12. The van der Waals surface area contributed by atoms with E-state index in [0.717, 1.165) is 35.6 Å². The molecular weight excluding hydrogens is 270 g/mol. The molecule has 2 rings (SSSR count). The summed E-state index contributed by atoms with van der Waals surface area (Å²) in [5.41, 5.74) is 4.45. The lowest BCUT2D eigenvalue weighted by Gasteiger charge is -2.11. The summed E-state index contributed by atoms with van der Waals surface area (Å²) in [6.45, 7) is 8.55. The van der Waals surface area contributed by atoms with Crippen LogP contribution in [-0.4, -0.2) is 14.8 Å². The maximum absolute atomic E-state index is 6.01. The van der Waals surface area contributed by atoms with Gasteiger partial charge in [-0.25, -0.2) is 9.67 Å². The van der Waals surface area contributed by atoms with Gasteiger partial charge >= 0.3 is 0 Å². The lowest BCUT2D eigenvalue weighted by Crippen LogP contribution is -2.07. The molecular formula is C16H22ClN3. The van der Waals surface area contributed by atoms with Crippen molar-refractivity contribution in [3.63, 3.8) is 0 Å². The highest BCUT2D eigenvalue weighted by atomic mass is 35.5. The zero-order valence-electron chi connectivity index (χ0n) is 12.7. The fourth-order valence-corrected chi connectivity index (χ4v) is 2.33. The molecule has 0 aliphatic rings. The van der Waals surface area contributed by atoms with Gasteiger partial charge in [0.25, 0.3) is 0 Å². The minimum atomic E-state index is 0.378. The number of nitrogens with zero attached hydrogens (tertiary/aromatic N) is 3. The smallest absolute Gasteiger partial charge is 0.154 e. The predicted octanol–water partition coefficient (Wildman–Crippen LogP) is 4.25. The number of aromatic nitrogens is 3. The molecule has 0 aromatic carbocycles. The van der Waals surface area contributed by atoms with Crippen LogP contribution in [0.3, 0.4) is 0 Å². The van der Waals surface area contributed by atoms with E-state index in [-0.39, 0.29) is 0 Å². The van der Waals surface area contributed by atoms with Gasteiger partial charge in [0.15, 0.2) is 5.82 Å². The molecule has 0 aliphatic heterocycles. The largest absolute Gasteiger partial charge is 0.233 e. The molecule has 0 atom stereocenters. The van der Waals surface area contributed by atoms with E-state index in [0.29, 0.717) is 11.8 Å². The Labute approximate surface area is 126 Å². The molecule has 0 bridgehead atoms. The van der Waals surface area contributed by atoms with Crippen molar-refractivity contribution in [1.29, 1.82) is 0 Å². The minimum Gasteiger partial charge on any atom is -0.233 e. The summed E-state index contributed by atoms with van der Waals surface area (Å²) in [5.74, 6) is 1.75. The molecule has 108 valence electrons. The third-order valence-corrected chi connectivity index (χ3v) is 3.72. The third-order valence-electron chi connectivity index (χ3n) is 3.41. The highest BCUT2D eigenvalue weighted by molar-refractivity contribution is 6.17. The zero-order valence-corrected chi connectivity index (χ0v) is 13.4. The molecule has 3 nitrogen and oxygen atoms in total. The Bertz CT molecular complexity index is 587. The highest BCUT2D eigenvalue weighted by Crippen LogP contribution is 2.20. The Morgan fingerprint density at radius 3 is 2.45 bits per heavy atom. The Balaban J connectivity index is 2.56. The van der Waals surface area contributed by atoms with Crippen molar-refractivity contribution in [3.8, 4) is 5.82 Å². The van der Waals surface area contributed by atoms with Crippen LogP contribution >= 0.6 is 11.6 Å². The van der Waals surface area contributed by atoms with E-state index in [1.807, 2.05) is 10.7 Å². The molecule has 0 unspecified atom stereocenters. The summed E-state index contributed by atoms with van der Waals surface area (Å²) in [6.07, 6.45) is 1.88. The van der Waals surface area contributed by atoms with E-state index >= 15 is 0 Å². The third kappa shape index (κ3) is 3.04. The van der Waals surface area contributed by atoms with Gasteiger partial charge in [-0.05, 0) is 42.5 Å². The summed E-state index contributed by atoms with van der Waals surface area (Å²) < 4.78 is 1.96. The first-order valence-electron chi connectivity index (χ1n) is 7.24. The van der Waals surface area contributed by atoms with Crippen LogP contribution in [0.15, 0.2) is 18.2 Å². The summed E-state index contributed by atoms with van der Waals surface area (Å²) in [6, 6.07) is 6.27. The molecule has 0 spiro atoms. The van der Waals surface area contributed by atoms with E-state index in [4.69, 9.17) is 16.6 Å². The maximum atomic E-state index is 6.01. The van der Waals surface area contributed by atoms with Crippen LogP contribution in [-0.2, 0) is 18.7 Å². The lowest BCUT2D eigenvalue weighted by atomic mass is 10.1. The molecule has 0 aliphatic carbocycles. The average Bonchev–Trinajstić information content (AvgIpc) is 2.90. The van der Waals surface area contributed by atoms with Gasteiger partial charge in [0, 0.05) is 17.3 Å². The Morgan fingerprint density at radius 2 is 1.90 bits per heavy atom. The normalized spacial score (nSPS) is 11.3. The number of halogens is 1. The first kappa shape index (κ1) is 15.0. The van der Waals surface area contributed by atoms with Crippen LogP contribution in [0.4, 0.5) is 0 Å².